The van der Waals surface area contributed by atoms with E-state index in [1.807, 2.05) is 0 Å². The maximum atomic E-state index is 3.08. The lowest BCUT2D eigenvalue weighted by Gasteiger charge is -2.33. The summed E-state index contributed by atoms with van der Waals surface area (Å²) in [5, 5.41) is 0. The van der Waals surface area contributed by atoms with Crippen LogP contribution in [0.5, 0.6) is 0 Å². The van der Waals surface area contributed by atoms with Gasteiger partial charge in [-0.25, -0.2) is 0 Å². The van der Waals surface area contributed by atoms with E-state index in [4.69, 9.17) is 0 Å². The minimum atomic E-state index is 0.403. The average molecular weight is 234 g/mol. The molecule has 0 spiro atoms. The van der Waals surface area contributed by atoms with E-state index < -0.39 is 0 Å². The molecule has 0 aromatic rings. The molecule has 0 N–H and O–H groups in total. The fourth-order valence-corrected chi connectivity index (χ4v) is 3.20. The van der Waals surface area contributed by atoms with Gasteiger partial charge >= 0.3 is 0 Å². The van der Waals surface area contributed by atoms with Gasteiger partial charge in [-0.15, -0.1) is 18.5 Å². The molecule has 0 fully saturated rings. The van der Waals surface area contributed by atoms with Crippen LogP contribution in [0.15, 0.2) is 0 Å². The first-order chi connectivity index (χ1) is 6.58. The molecule has 0 aliphatic heterocycles. The van der Waals surface area contributed by atoms with Crippen molar-refractivity contribution in [1.29, 1.82) is 0 Å². The topological polar surface area (TPSA) is 0 Å². The van der Waals surface area contributed by atoms with Crippen LogP contribution in [0.4, 0.5) is 0 Å². The summed E-state index contributed by atoms with van der Waals surface area (Å²) >= 11 is 0. The van der Waals surface area contributed by atoms with Crippen LogP contribution in [0.1, 0.15) is 65.7 Å². The molecule has 0 rings (SSSR count). The van der Waals surface area contributed by atoms with Crippen molar-refractivity contribution in [3.05, 3.63) is 0 Å². The zero-order valence-electron chi connectivity index (χ0n) is 10.2. The highest BCUT2D eigenvalue weighted by Gasteiger charge is 2.27. The van der Waals surface area contributed by atoms with Crippen molar-refractivity contribution < 1.29 is 0 Å². The van der Waals surface area contributed by atoms with Crippen LogP contribution in [0.2, 0.25) is 0 Å². The SMILES string of the molecule is CCCCC(CC)C(P)(P)CCCC. The van der Waals surface area contributed by atoms with Gasteiger partial charge in [0.25, 0.3) is 0 Å². The van der Waals surface area contributed by atoms with Gasteiger partial charge in [0.2, 0.25) is 0 Å². The molecule has 0 aliphatic carbocycles. The molecule has 3 atom stereocenters. The summed E-state index contributed by atoms with van der Waals surface area (Å²) in [6, 6.07) is 0. The molecule has 0 amide bonds. The summed E-state index contributed by atoms with van der Waals surface area (Å²) in [5.74, 6) is 0.865. The molecule has 0 aliphatic rings. The van der Waals surface area contributed by atoms with E-state index >= 15 is 0 Å². The lowest BCUT2D eigenvalue weighted by atomic mass is 9.92. The normalized spacial score (nSPS) is 14.4. The standard InChI is InChI=1S/C12H28P2/c1-4-7-9-11(6-3)12(13,14)10-8-5-2/h11H,4-10,13-14H2,1-3H3. The third-order valence-electron chi connectivity index (χ3n) is 3.12. The van der Waals surface area contributed by atoms with E-state index in [1.165, 1.54) is 44.9 Å². The van der Waals surface area contributed by atoms with Gasteiger partial charge in [-0.1, -0.05) is 52.9 Å². The van der Waals surface area contributed by atoms with Crippen LogP contribution in [-0.4, -0.2) is 4.90 Å². The van der Waals surface area contributed by atoms with E-state index in [-0.39, 0.29) is 0 Å². The smallest absolute Gasteiger partial charge is 0.00208 e. The predicted octanol–water partition coefficient (Wildman–Crippen LogP) is 4.84. The highest BCUT2D eigenvalue weighted by atomic mass is 31.1. The third kappa shape index (κ3) is 5.67. The van der Waals surface area contributed by atoms with E-state index in [9.17, 15) is 0 Å². The van der Waals surface area contributed by atoms with Gasteiger partial charge in [-0.2, -0.15) is 0 Å². The third-order valence-corrected chi connectivity index (χ3v) is 4.64. The molecule has 2 heteroatoms. The van der Waals surface area contributed by atoms with E-state index in [1.54, 1.807) is 0 Å². The van der Waals surface area contributed by atoms with Crippen LogP contribution >= 0.6 is 18.5 Å². The molecular formula is C12H28P2. The summed E-state index contributed by atoms with van der Waals surface area (Å²) in [5.41, 5.74) is 0. The van der Waals surface area contributed by atoms with Crippen molar-refractivity contribution in [2.45, 2.75) is 70.6 Å². The van der Waals surface area contributed by atoms with Gasteiger partial charge in [0.1, 0.15) is 0 Å². The maximum Gasteiger partial charge on any atom is 0.00208 e. The van der Waals surface area contributed by atoms with Crippen LogP contribution < -0.4 is 0 Å². The summed E-state index contributed by atoms with van der Waals surface area (Å²) in [6.45, 7) is 6.89. The Balaban J connectivity index is 4.03. The molecule has 3 unspecified atom stereocenters. The van der Waals surface area contributed by atoms with Crippen molar-refractivity contribution in [3.8, 4) is 0 Å². The van der Waals surface area contributed by atoms with Crippen molar-refractivity contribution >= 4 is 18.5 Å². The van der Waals surface area contributed by atoms with E-state index in [0.29, 0.717) is 4.90 Å². The Labute approximate surface area is 95.4 Å². The van der Waals surface area contributed by atoms with Crippen molar-refractivity contribution in [2.75, 3.05) is 0 Å². The molecule has 0 saturated heterocycles. The molecule has 0 aromatic carbocycles. The number of rotatable bonds is 8. The summed E-state index contributed by atoms with van der Waals surface area (Å²) in [6.07, 6.45) is 9.43. The molecule has 0 heterocycles. The van der Waals surface area contributed by atoms with Gasteiger partial charge < -0.3 is 0 Å². The number of unbranched alkanes of at least 4 members (excludes halogenated alkanes) is 2. The first kappa shape index (κ1) is 14.9. The van der Waals surface area contributed by atoms with E-state index in [2.05, 4.69) is 39.3 Å². The van der Waals surface area contributed by atoms with Gasteiger partial charge in [-0.3, -0.25) is 0 Å². The first-order valence-corrected chi connectivity index (χ1v) is 7.31. The second kappa shape index (κ2) is 8.06. The summed E-state index contributed by atoms with van der Waals surface area (Å²) in [7, 11) is 6.17. The quantitative estimate of drug-likeness (QED) is 0.527. The average Bonchev–Trinajstić information content (AvgIpc) is 2.16. The Kier molecular flexibility index (Phi) is 8.56. The molecular weight excluding hydrogens is 206 g/mol. The molecule has 0 nitrogen and oxygen atoms in total. The van der Waals surface area contributed by atoms with Gasteiger partial charge in [0.05, 0.1) is 0 Å². The van der Waals surface area contributed by atoms with Gasteiger partial charge in [-0.05, 0) is 18.8 Å². The van der Waals surface area contributed by atoms with Crippen LogP contribution in [0.25, 0.3) is 0 Å². The predicted molar refractivity (Wildman–Crippen MR) is 75.0 cm³/mol. The molecule has 0 aromatic heterocycles. The van der Waals surface area contributed by atoms with Gasteiger partial charge in [0, 0.05) is 4.90 Å². The Hall–Kier alpha value is 0.860. The van der Waals surface area contributed by atoms with Crippen molar-refractivity contribution in [1.82, 2.24) is 0 Å². The monoisotopic (exact) mass is 234 g/mol. The number of hydrogen-bond acceptors (Lipinski definition) is 0. The zero-order valence-corrected chi connectivity index (χ0v) is 12.5. The fourth-order valence-electron chi connectivity index (χ4n) is 1.99. The molecule has 0 bridgehead atoms. The second-order valence-electron chi connectivity index (χ2n) is 4.46. The Morgan fingerprint density at radius 3 is 2.00 bits per heavy atom. The molecule has 0 radical (unpaired) electrons. The second-order valence-corrected chi connectivity index (χ2v) is 7.28. The van der Waals surface area contributed by atoms with Crippen molar-refractivity contribution in [2.24, 2.45) is 5.92 Å². The Morgan fingerprint density at radius 1 is 1.00 bits per heavy atom. The van der Waals surface area contributed by atoms with Crippen LogP contribution in [0, 0.1) is 5.92 Å². The molecule has 86 valence electrons. The minimum absolute atomic E-state index is 0.403. The van der Waals surface area contributed by atoms with Crippen LogP contribution in [-0.2, 0) is 0 Å². The molecule has 0 saturated carbocycles. The van der Waals surface area contributed by atoms with Crippen molar-refractivity contribution in [3.63, 3.8) is 0 Å². The summed E-state index contributed by atoms with van der Waals surface area (Å²) in [4.78, 5) is 0.403. The van der Waals surface area contributed by atoms with Gasteiger partial charge in [0.15, 0.2) is 0 Å². The fraction of sp³-hybridized carbons (Fsp3) is 1.00. The Bertz CT molecular complexity index is 132. The summed E-state index contributed by atoms with van der Waals surface area (Å²) < 4.78 is 0. The molecule has 14 heavy (non-hydrogen) atoms. The number of hydrogen-bond donors (Lipinski definition) is 0. The maximum absolute atomic E-state index is 3.08. The Morgan fingerprint density at radius 2 is 1.57 bits per heavy atom. The van der Waals surface area contributed by atoms with E-state index in [0.717, 1.165) is 5.92 Å². The first-order valence-electron chi connectivity index (χ1n) is 6.16. The largest absolute Gasteiger partial charge is 0.127 e. The lowest BCUT2D eigenvalue weighted by molar-refractivity contribution is 0.391. The van der Waals surface area contributed by atoms with Crippen LogP contribution in [0.3, 0.4) is 0 Å². The minimum Gasteiger partial charge on any atom is -0.127 e. The highest BCUT2D eigenvalue weighted by Crippen LogP contribution is 2.43. The lowest BCUT2D eigenvalue weighted by Crippen LogP contribution is -2.24. The highest BCUT2D eigenvalue weighted by molar-refractivity contribution is 7.39. The zero-order chi connectivity index (χ0) is 11.0.